The van der Waals surface area contributed by atoms with E-state index in [2.05, 4.69) is 38.6 Å². The van der Waals surface area contributed by atoms with Gasteiger partial charge in [0.1, 0.15) is 0 Å². The van der Waals surface area contributed by atoms with Crippen LogP contribution in [0.5, 0.6) is 0 Å². The summed E-state index contributed by atoms with van der Waals surface area (Å²) in [5, 5.41) is 1.37. The van der Waals surface area contributed by atoms with Crippen molar-refractivity contribution in [2.24, 2.45) is 5.92 Å². The molecule has 0 amide bonds. The maximum atomic E-state index is 6.18. The summed E-state index contributed by atoms with van der Waals surface area (Å²) < 4.78 is 2.43. The van der Waals surface area contributed by atoms with Crippen molar-refractivity contribution < 1.29 is 0 Å². The molecule has 6 heteroatoms. The van der Waals surface area contributed by atoms with Gasteiger partial charge in [-0.3, -0.25) is 0 Å². The van der Waals surface area contributed by atoms with Crippen molar-refractivity contribution in [2.75, 3.05) is 36.0 Å². The van der Waals surface area contributed by atoms with Gasteiger partial charge in [-0.1, -0.05) is 35.3 Å². The SMILES string of the molecule is Clc1cc(Cl)cc(N2CCN(c3nc4ccccc4n3CC3CC3)CC2)c1. The van der Waals surface area contributed by atoms with E-state index in [1.807, 2.05) is 12.1 Å². The number of halogens is 2. The van der Waals surface area contributed by atoms with E-state index in [-0.39, 0.29) is 0 Å². The van der Waals surface area contributed by atoms with E-state index >= 15 is 0 Å². The smallest absolute Gasteiger partial charge is 0.206 e. The van der Waals surface area contributed by atoms with Gasteiger partial charge >= 0.3 is 0 Å². The highest BCUT2D eigenvalue weighted by Crippen LogP contribution is 2.34. The molecule has 5 rings (SSSR count). The Morgan fingerprint density at radius 3 is 2.26 bits per heavy atom. The molecule has 0 spiro atoms. The van der Waals surface area contributed by atoms with Crippen LogP contribution in [0.3, 0.4) is 0 Å². The monoisotopic (exact) mass is 400 g/mol. The Bertz CT molecular complexity index is 951. The minimum Gasteiger partial charge on any atom is -0.368 e. The summed E-state index contributed by atoms with van der Waals surface area (Å²) >= 11 is 12.4. The maximum Gasteiger partial charge on any atom is 0.206 e. The molecule has 3 aromatic rings. The Hall–Kier alpha value is -1.91. The largest absolute Gasteiger partial charge is 0.368 e. The summed E-state index contributed by atoms with van der Waals surface area (Å²) in [4.78, 5) is 9.74. The van der Waals surface area contributed by atoms with Crippen LogP contribution in [0.15, 0.2) is 42.5 Å². The summed E-state index contributed by atoms with van der Waals surface area (Å²) in [7, 11) is 0. The van der Waals surface area contributed by atoms with Crippen molar-refractivity contribution in [2.45, 2.75) is 19.4 Å². The Morgan fingerprint density at radius 2 is 1.56 bits per heavy atom. The number of aromatic nitrogens is 2. The topological polar surface area (TPSA) is 24.3 Å². The number of benzene rings is 2. The first kappa shape index (κ1) is 17.2. The van der Waals surface area contributed by atoms with E-state index in [4.69, 9.17) is 28.2 Å². The van der Waals surface area contributed by atoms with Crippen LogP contribution < -0.4 is 9.80 Å². The van der Waals surface area contributed by atoms with Gasteiger partial charge in [0.05, 0.1) is 11.0 Å². The Kier molecular flexibility index (Phi) is 4.41. The molecule has 2 heterocycles. The zero-order valence-corrected chi connectivity index (χ0v) is 16.6. The molecule has 0 atom stereocenters. The number of piperazine rings is 1. The standard InChI is InChI=1S/C21H22Cl2N4/c22-16-11-17(23)13-18(12-16)25-7-9-26(10-8-25)21-24-19-3-1-2-4-20(19)27(21)14-15-5-6-15/h1-4,11-13,15H,5-10,14H2. The summed E-state index contributed by atoms with van der Waals surface area (Å²) in [6.07, 6.45) is 2.69. The van der Waals surface area contributed by atoms with E-state index in [9.17, 15) is 0 Å². The Morgan fingerprint density at radius 1 is 0.889 bits per heavy atom. The lowest BCUT2D eigenvalue weighted by Crippen LogP contribution is -2.47. The first-order valence-corrected chi connectivity index (χ1v) is 10.3. The van der Waals surface area contributed by atoms with Gasteiger partial charge in [-0.15, -0.1) is 0 Å². The number of fused-ring (bicyclic) bond motifs is 1. The van der Waals surface area contributed by atoms with Gasteiger partial charge in [0.25, 0.3) is 0 Å². The fraction of sp³-hybridized carbons (Fsp3) is 0.381. The molecule has 0 N–H and O–H groups in total. The zero-order valence-electron chi connectivity index (χ0n) is 15.1. The Labute approximate surface area is 169 Å². The lowest BCUT2D eigenvalue weighted by atomic mass is 10.2. The predicted octanol–water partition coefficient (Wildman–Crippen LogP) is 5.08. The zero-order chi connectivity index (χ0) is 18.4. The van der Waals surface area contributed by atoms with Crippen molar-refractivity contribution >= 4 is 45.9 Å². The highest BCUT2D eigenvalue weighted by molar-refractivity contribution is 6.35. The van der Waals surface area contributed by atoms with Gasteiger partial charge in [-0.05, 0) is 49.1 Å². The van der Waals surface area contributed by atoms with Crippen molar-refractivity contribution in [1.29, 1.82) is 0 Å². The molecule has 0 unspecified atom stereocenters. The highest BCUT2D eigenvalue weighted by Gasteiger charge is 2.27. The van der Waals surface area contributed by atoms with Gasteiger partial charge < -0.3 is 14.4 Å². The summed E-state index contributed by atoms with van der Waals surface area (Å²) in [5.41, 5.74) is 3.44. The van der Waals surface area contributed by atoms with Crippen molar-refractivity contribution in [3.63, 3.8) is 0 Å². The average molecular weight is 401 g/mol. The molecule has 27 heavy (non-hydrogen) atoms. The molecule has 1 aliphatic carbocycles. The van der Waals surface area contributed by atoms with Gasteiger partial charge in [0, 0.05) is 48.5 Å². The first-order valence-electron chi connectivity index (χ1n) is 9.58. The highest BCUT2D eigenvalue weighted by atomic mass is 35.5. The molecule has 2 aliphatic rings. The van der Waals surface area contributed by atoms with Crippen LogP contribution in [0.4, 0.5) is 11.6 Å². The molecule has 0 bridgehead atoms. The number of para-hydroxylation sites is 2. The molecule has 1 saturated carbocycles. The van der Waals surface area contributed by atoms with Gasteiger partial charge in [0.2, 0.25) is 5.95 Å². The minimum atomic E-state index is 0.686. The van der Waals surface area contributed by atoms with Crippen molar-refractivity contribution in [1.82, 2.24) is 9.55 Å². The van der Waals surface area contributed by atoms with Crippen LogP contribution in [0, 0.1) is 5.92 Å². The van der Waals surface area contributed by atoms with E-state index in [1.165, 1.54) is 18.4 Å². The maximum absolute atomic E-state index is 6.18. The van der Waals surface area contributed by atoms with Crippen LogP contribution in [-0.2, 0) is 6.54 Å². The van der Waals surface area contributed by atoms with E-state index in [1.54, 1.807) is 6.07 Å². The Balaban J connectivity index is 1.39. The fourth-order valence-corrected chi connectivity index (χ4v) is 4.44. The number of imidazole rings is 1. The summed E-state index contributed by atoms with van der Waals surface area (Å²) in [6, 6.07) is 14.3. The third kappa shape index (κ3) is 3.48. The lowest BCUT2D eigenvalue weighted by molar-refractivity contribution is 0.592. The van der Waals surface area contributed by atoms with Gasteiger partial charge in [-0.25, -0.2) is 4.98 Å². The van der Waals surface area contributed by atoms with E-state index in [0.717, 1.165) is 55.8 Å². The first-order chi connectivity index (χ1) is 13.2. The minimum absolute atomic E-state index is 0.686. The number of nitrogens with zero attached hydrogens (tertiary/aromatic N) is 4. The van der Waals surface area contributed by atoms with Crippen LogP contribution in [-0.4, -0.2) is 35.7 Å². The van der Waals surface area contributed by atoms with Gasteiger partial charge in [0.15, 0.2) is 0 Å². The third-order valence-corrected chi connectivity index (χ3v) is 5.98. The molecule has 4 nitrogen and oxygen atoms in total. The van der Waals surface area contributed by atoms with Crippen LogP contribution in [0.25, 0.3) is 11.0 Å². The van der Waals surface area contributed by atoms with Crippen molar-refractivity contribution in [3.8, 4) is 0 Å². The van der Waals surface area contributed by atoms with Crippen LogP contribution in [0.2, 0.25) is 10.0 Å². The second kappa shape index (κ2) is 6.92. The third-order valence-electron chi connectivity index (χ3n) is 5.55. The predicted molar refractivity (Wildman–Crippen MR) is 113 cm³/mol. The molecule has 0 radical (unpaired) electrons. The van der Waals surface area contributed by atoms with E-state index in [0.29, 0.717) is 10.0 Å². The number of hydrogen-bond donors (Lipinski definition) is 0. The molecule has 2 aromatic carbocycles. The second-order valence-corrected chi connectivity index (χ2v) is 8.43. The van der Waals surface area contributed by atoms with Crippen LogP contribution in [0.1, 0.15) is 12.8 Å². The van der Waals surface area contributed by atoms with Crippen molar-refractivity contribution in [3.05, 3.63) is 52.5 Å². The summed E-state index contributed by atoms with van der Waals surface area (Å²) in [6.45, 7) is 4.84. The molecular formula is C21H22Cl2N4. The van der Waals surface area contributed by atoms with Gasteiger partial charge in [-0.2, -0.15) is 0 Å². The summed E-state index contributed by atoms with van der Waals surface area (Å²) in [5.74, 6) is 1.93. The lowest BCUT2D eigenvalue weighted by Gasteiger charge is -2.37. The van der Waals surface area contributed by atoms with Crippen LogP contribution >= 0.6 is 23.2 Å². The number of anilines is 2. The number of rotatable bonds is 4. The molecule has 1 aromatic heterocycles. The molecule has 1 aliphatic heterocycles. The number of hydrogen-bond acceptors (Lipinski definition) is 3. The second-order valence-electron chi connectivity index (χ2n) is 7.56. The molecule has 140 valence electrons. The quantitative estimate of drug-likeness (QED) is 0.610. The van der Waals surface area contributed by atoms with E-state index < -0.39 is 0 Å². The normalized spacial score (nSPS) is 17.7. The molecule has 1 saturated heterocycles. The average Bonchev–Trinajstić information content (AvgIpc) is 3.41. The fourth-order valence-electron chi connectivity index (χ4n) is 3.93. The molecular weight excluding hydrogens is 379 g/mol. The molecule has 2 fully saturated rings.